The predicted octanol–water partition coefficient (Wildman–Crippen LogP) is 3.12. The fourth-order valence-electron chi connectivity index (χ4n) is 1.77. The third-order valence-electron chi connectivity index (χ3n) is 2.67. The maximum atomic E-state index is 9.41. The second-order valence-electron chi connectivity index (χ2n) is 5.02. The maximum absolute atomic E-state index is 9.41. The molecule has 0 aliphatic carbocycles. The molecule has 0 bridgehead atoms. The van der Waals surface area contributed by atoms with E-state index in [9.17, 15) is 5.11 Å². The number of benzene rings is 1. The Hall–Kier alpha value is -0.820. The van der Waals surface area contributed by atoms with Gasteiger partial charge in [-0.2, -0.15) is 0 Å². The van der Waals surface area contributed by atoms with Crippen LogP contribution in [0.15, 0.2) is 24.3 Å². The number of rotatable bonds is 2. The van der Waals surface area contributed by atoms with Gasteiger partial charge >= 0.3 is 0 Å². The number of aliphatic hydroxyl groups excluding tert-OH is 1. The van der Waals surface area contributed by atoms with Gasteiger partial charge in [0.2, 0.25) is 0 Å². The van der Waals surface area contributed by atoms with Crippen molar-refractivity contribution in [3.05, 3.63) is 35.4 Å². The van der Waals surface area contributed by atoms with Crippen LogP contribution in [0.2, 0.25) is 0 Å². The highest BCUT2D eigenvalue weighted by atomic mass is 16.3. The summed E-state index contributed by atoms with van der Waals surface area (Å²) in [4.78, 5) is 0. The van der Waals surface area contributed by atoms with Crippen molar-refractivity contribution in [3.8, 4) is 0 Å². The third kappa shape index (κ3) is 2.58. The van der Waals surface area contributed by atoms with E-state index >= 15 is 0 Å². The fraction of sp³-hybridized carbons (Fsp3) is 0.538. The highest BCUT2D eigenvalue weighted by Gasteiger charge is 2.25. The Kier molecular flexibility index (Phi) is 3.33. The van der Waals surface area contributed by atoms with Gasteiger partial charge < -0.3 is 5.11 Å². The van der Waals surface area contributed by atoms with Crippen LogP contribution in [0.1, 0.15) is 37.8 Å². The monoisotopic (exact) mass is 192 g/mol. The summed E-state index contributed by atoms with van der Waals surface area (Å²) in [6, 6.07) is 8.39. The average Bonchev–Trinajstić information content (AvgIpc) is 2.02. The van der Waals surface area contributed by atoms with Crippen LogP contribution in [0.3, 0.4) is 0 Å². The lowest BCUT2D eigenvalue weighted by Gasteiger charge is -2.29. The summed E-state index contributed by atoms with van der Waals surface area (Å²) in [7, 11) is 0. The van der Waals surface area contributed by atoms with Gasteiger partial charge in [0.1, 0.15) is 0 Å². The molecule has 1 rings (SSSR count). The van der Waals surface area contributed by atoms with Gasteiger partial charge in [0.25, 0.3) is 0 Å². The smallest absolute Gasteiger partial charge is 0.0504 e. The lowest BCUT2D eigenvalue weighted by molar-refractivity contribution is 0.187. The predicted molar refractivity (Wildman–Crippen MR) is 60.5 cm³/mol. The van der Waals surface area contributed by atoms with Crippen LogP contribution in [0.25, 0.3) is 0 Å². The minimum atomic E-state index is 0.114. The van der Waals surface area contributed by atoms with Crippen molar-refractivity contribution in [2.75, 3.05) is 6.61 Å². The van der Waals surface area contributed by atoms with Crippen LogP contribution in [-0.2, 0) is 0 Å². The van der Waals surface area contributed by atoms with Gasteiger partial charge in [0.15, 0.2) is 0 Å². The second-order valence-corrected chi connectivity index (χ2v) is 5.02. The van der Waals surface area contributed by atoms with Crippen LogP contribution >= 0.6 is 0 Å². The molecule has 78 valence electrons. The average molecular weight is 192 g/mol. The molecule has 1 nitrogen and oxygen atoms in total. The summed E-state index contributed by atoms with van der Waals surface area (Å²) in [5.74, 6) is 0.224. The molecule has 0 radical (unpaired) electrons. The molecule has 0 aromatic heterocycles. The van der Waals surface area contributed by atoms with E-state index < -0.39 is 0 Å². The standard InChI is InChI=1S/C13H20O/c1-10-6-5-7-11(8-10)12(9-14)13(2,3)4/h5-8,12,14H,9H2,1-4H3. The zero-order valence-electron chi connectivity index (χ0n) is 9.54. The van der Waals surface area contributed by atoms with E-state index in [1.807, 2.05) is 0 Å². The molecule has 0 heterocycles. The van der Waals surface area contributed by atoms with Gasteiger partial charge in [-0.1, -0.05) is 50.6 Å². The van der Waals surface area contributed by atoms with Crippen LogP contribution < -0.4 is 0 Å². The molecule has 1 N–H and O–H groups in total. The van der Waals surface area contributed by atoms with Crippen LogP contribution in [-0.4, -0.2) is 11.7 Å². The van der Waals surface area contributed by atoms with Gasteiger partial charge in [-0.15, -0.1) is 0 Å². The fourth-order valence-corrected chi connectivity index (χ4v) is 1.77. The SMILES string of the molecule is Cc1cccc(C(CO)C(C)(C)C)c1. The summed E-state index contributed by atoms with van der Waals surface area (Å²) < 4.78 is 0. The Morgan fingerprint density at radius 1 is 1.29 bits per heavy atom. The Morgan fingerprint density at radius 2 is 1.93 bits per heavy atom. The zero-order chi connectivity index (χ0) is 10.8. The van der Waals surface area contributed by atoms with Crippen molar-refractivity contribution in [1.82, 2.24) is 0 Å². The Morgan fingerprint density at radius 3 is 2.36 bits per heavy atom. The molecule has 14 heavy (non-hydrogen) atoms. The van der Waals surface area contributed by atoms with Crippen molar-refractivity contribution in [2.45, 2.75) is 33.6 Å². The number of hydrogen-bond acceptors (Lipinski definition) is 1. The minimum absolute atomic E-state index is 0.114. The van der Waals surface area contributed by atoms with Crippen molar-refractivity contribution in [2.24, 2.45) is 5.41 Å². The van der Waals surface area contributed by atoms with Gasteiger partial charge in [0, 0.05) is 5.92 Å². The normalized spacial score (nSPS) is 14.1. The highest BCUT2D eigenvalue weighted by Crippen LogP contribution is 2.34. The molecule has 0 spiro atoms. The van der Waals surface area contributed by atoms with Gasteiger partial charge in [0.05, 0.1) is 6.61 Å². The minimum Gasteiger partial charge on any atom is -0.396 e. The van der Waals surface area contributed by atoms with Crippen molar-refractivity contribution in [1.29, 1.82) is 0 Å². The van der Waals surface area contributed by atoms with E-state index in [2.05, 4.69) is 52.0 Å². The summed E-state index contributed by atoms with van der Waals surface area (Å²) in [5, 5.41) is 9.41. The Balaban J connectivity index is 3.01. The molecular formula is C13H20O. The summed E-state index contributed by atoms with van der Waals surface area (Å²) >= 11 is 0. The number of aliphatic hydroxyl groups is 1. The highest BCUT2D eigenvalue weighted by molar-refractivity contribution is 5.26. The third-order valence-corrected chi connectivity index (χ3v) is 2.67. The van der Waals surface area contributed by atoms with Crippen molar-refractivity contribution in [3.63, 3.8) is 0 Å². The van der Waals surface area contributed by atoms with E-state index in [0.717, 1.165) is 0 Å². The first kappa shape index (κ1) is 11.3. The van der Waals surface area contributed by atoms with Crippen LogP contribution in [0.5, 0.6) is 0 Å². The molecule has 0 fully saturated rings. The summed E-state index contributed by atoms with van der Waals surface area (Å²) in [6.07, 6.45) is 0. The first-order valence-corrected chi connectivity index (χ1v) is 5.12. The molecule has 1 aromatic carbocycles. The van der Waals surface area contributed by atoms with Gasteiger partial charge in [-0.05, 0) is 17.9 Å². The summed E-state index contributed by atoms with van der Waals surface area (Å²) in [6.45, 7) is 8.79. The van der Waals surface area contributed by atoms with E-state index in [1.165, 1.54) is 11.1 Å². The van der Waals surface area contributed by atoms with E-state index in [1.54, 1.807) is 0 Å². The maximum Gasteiger partial charge on any atom is 0.0504 e. The molecule has 1 aromatic rings. The molecule has 0 saturated heterocycles. The lowest BCUT2D eigenvalue weighted by Crippen LogP contribution is -2.21. The quantitative estimate of drug-likeness (QED) is 0.763. The largest absolute Gasteiger partial charge is 0.396 e. The lowest BCUT2D eigenvalue weighted by atomic mass is 9.77. The summed E-state index contributed by atoms with van der Waals surface area (Å²) in [5.41, 5.74) is 2.60. The molecule has 0 aliphatic heterocycles. The van der Waals surface area contributed by atoms with Crippen molar-refractivity contribution >= 4 is 0 Å². The molecule has 1 unspecified atom stereocenters. The van der Waals surface area contributed by atoms with Crippen molar-refractivity contribution < 1.29 is 5.11 Å². The molecule has 0 amide bonds. The Labute approximate surface area is 86.8 Å². The zero-order valence-corrected chi connectivity index (χ0v) is 9.54. The first-order valence-electron chi connectivity index (χ1n) is 5.12. The van der Waals surface area contributed by atoms with E-state index in [-0.39, 0.29) is 17.9 Å². The van der Waals surface area contributed by atoms with Gasteiger partial charge in [-0.25, -0.2) is 0 Å². The van der Waals surface area contributed by atoms with E-state index in [0.29, 0.717) is 0 Å². The molecule has 0 saturated carbocycles. The van der Waals surface area contributed by atoms with E-state index in [4.69, 9.17) is 0 Å². The molecular weight excluding hydrogens is 172 g/mol. The molecule has 0 aliphatic rings. The number of aryl methyl sites for hydroxylation is 1. The topological polar surface area (TPSA) is 20.2 Å². The first-order chi connectivity index (χ1) is 6.45. The number of hydrogen-bond donors (Lipinski definition) is 1. The van der Waals surface area contributed by atoms with Crippen LogP contribution in [0.4, 0.5) is 0 Å². The molecule has 1 atom stereocenters. The van der Waals surface area contributed by atoms with Crippen LogP contribution in [0, 0.1) is 12.3 Å². The van der Waals surface area contributed by atoms with Gasteiger partial charge in [-0.3, -0.25) is 0 Å². The molecule has 1 heteroatoms. The Bertz CT molecular complexity index is 296. The second kappa shape index (κ2) is 4.14.